The molecule has 2 aromatic rings. The van der Waals surface area contributed by atoms with Crippen LogP contribution in [0.15, 0.2) is 46.5 Å². The lowest BCUT2D eigenvalue weighted by Gasteiger charge is -2.10. The standard InChI is InChI=1S/C14H11ClN2O2S/c1-17-11-6-9(3-4-10(11)13(18)14(17)19)20-12-5-2-8(15)7-16-12/h2-7,13,18H,1H3. The average molecular weight is 307 g/mol. The average Bonchev–Trinajstić information content (AvgIpc) is 2.66. The Labute approximate surface area is 125 Å². The number of pyridine rings is 1. The maximum Gasteiger partial charge on any atom is 0.260 e. The molecular weight excluding hydrogens is 296 g/mol. The number of halogens is 1. The summed E-state index contributed by atoms with van der Waals surface area (Å²) in [5.41, 5.74) is 1.38. The Bertz CT molecular complexity index is 675. The highest BCUT2D eigenvalue weighted by molar-refractivity contribution is 7.99. The molecule has 0 bridgehead atoms. The van der Waals surface area contributed by atoms with Crippen LogP contribution in [0.4, 0.5) is 5.69 Å². The van der Waals surface area contributed by atoms with E-state index < -0.39 is 6.10 Å². The number of hydrogen-bond acceptors (Lipinski definition) is 4. The molecule has 1 aromatic heterocycles. The van der Waals surface area contributed by atoms with Crippen molar-refractivity contribution in [3.63, 3.8) is 0 Å². The lowest BCUT2D eigenvalue weighted by molar-refractivity contribution is -0.125. The quantitative estimate of drug-likeness (QED) is 0.927. The van der Waals surface area contributed by atoms with Crippen molar-refractivity contribution in [2.24, 2.45) is 0 Å². The lowest BCUT2D eigenvalue weighted by Crippen LogP contribution is -2.23. The van der Waals surface area contributed by atoms with Gasteiger partial charge in [-0.1, -0.05) is 29.4 Å². The highest BCUT2D eigenvalue weighted by Gasteiger charge is 2.33. The predicted molar refractivity (Wildman–Crippen MR) is 78.2 cm³/mol. The van der Waals surface area contributed by atoms with E-state index in [1.165, 1.54) is 16.7 Å². The van der Waals surface area contributed by atoms with Crippen LogP contribution >= 0.6 is 23.4 Å². The number of anilines is 1. The molecule has 6 heteroatoms. The van der Waals surface area contributed by atoms with Gasteiger partial charge in [0.05, 0.1) is 10.7 Å². The Morgan fingerprint density at radius 1 is 1.35 bits per heavy atom. The monoisotopic (exact) mass is 306 g/mol. The number of aliphatic hydroxyl groups excluding tert-OH is 1. The zero-order valence-electron chi connectivity index (χ0n) is 10.6. The fraction of sp³-hybridized carbons (Fsp3) is 0.143. The van der Waals surface area contributed by atoms with E-state index >= 15 is 0 Å². The number of nitrogens with zero attached hydrogens (tertiary/aromatic N) is 2. The Morgan fingerprint density at radius 2 is 2.15 bits per heavy atom. The molecule has 0 radical (unpaired) electrons. The van der Waals surface area contributed by atoms with Crippen LogP contribution in [0, 0.1) is 0 Å². The molecule has 1 N–H and O–H groups in total. The van der Waals surface area contributed by atoms with E-state index in [1.54, 1.807) is 25.4 Å². The number of carbonyl (C=O) groups is 1. The van der Waals surface area contributed by atoms with Crippen molar-refractivity contribution in [3.05, 3.63) is 47.1 Å². The molecular formula is C14H11ClN2O2S. The third-order valence-corrected chi connectivity index (χ3v) is 4.31. The number of hydrogen-bond donors (Lipinski definition) is 1. The Hall–Kier alpha value is -1.56. The molecule has 4 nitrogen and oxygen atoms in total. The molecule has 20 heavy (non-hydrogen) atoms. The van der Waals surface area contributed by atoms with Crippen molar-refractivity contribution < 1.29 is 9.90 Å². The van der Waals surface area contributed by atoms with Crippen molar-refractivity contribution in [2.75, 3.05) is 11.9 Å². The number of aliphatic hydroxyl groups is 1. The lowest BCUT2D eigenvalue weighted by atomic mass is 10.1. The van der Waals surface area contributed by atoms with Crippen LogP contribution in [0.2, 0.25) is 5.02 Å². The third kappa shape index (κ3) is 2.28. The van der Waals surface area contributed by atoms with Gasteiger partial charge in [-0.05, 0) is 24.3 Å². The van der Waals surface area contributed by atoms with E-state index in [9.17, 15) is 9.90 Å². The number of benzene rings is 1. The molecule has 0 saturated carbocycles. The van der Waals surface area contributed by atoms with Crippen LogP contribution in [0.5, 0.6) is 0 Å². The van der Waals surface area contributed by atoms with Gasteiger partial charge < -0.3 is 10.0 Å². The van der Waals surface area contributed by atoms with E-state index in [0.717, 1.165) is 15.6 Å². The van der Waals surface area contributed by atoms with Gasteiger partial charge in [-0.25, -0.2) is 4.98 Å². The smallest absolute Gasteiger partial charge is 0.260 e. The molecule has 102 valence electrons. The number of carbonyl (C=O) groups excluding carboxylic acids is 1. The second-order valence-electron chi connectivity index (χ2n) is 4.44. The Balaban J connectivity index is 1.90. The van der Waals surface area contributed by atoms with E-state index in [0.29, 0.717) is 10.6 Å². The van der Waals surface area contributed by atoms with Gasteiger partial charge >= 0.3 is 0 Å². The Kier molecular flexibility index (Phi) is 3.41. The minimum absolute atomic E-state index is 0.299. The first kappa shape index (κ1) is 13.4. The molecule has 0 saturated heterocycles. The molecule has 1 atom stereocenters. The highest BCUT2D eigenvalue weighted by Crippen LogP contribution is 2.38. The molecule has 1 aromatic carbocycles. The van der Waals surface area contributed by atoms with Gasteiger partial charge in [0.2, 0.25) is 0 Å². The number of amides is 1. The van der Waals surface area contributed by atoms with Crippen molar-refractivity contribution in [1.82, 2.24) is 4.98 Å². The fourth-order valence-corrected chi connectivity index (χ4v) is 2.99. The normalized spacial score (nSPS) is 17.4. The largest absolute Gasteiger partial charge is 0.378 e. The summed E-state index contributed by atoms with van der Waals surface area (Å²) in [4.78, 5) is 18.4. The second kappa shape index (κ2) is 5.09. The van der Waals surface area contributed by atoms with Crippen LogP contribution in [0.3, 0.4) is 0 Å². The maximum absolute atomic E-state index is 11.7. The summed E-state index contributed by atoms with van der Waals surface area (Å²) in [5.74, 6) is -0.299. The first-order valence-electron chi connectivity index (χ1n) is 5.95. The summed E-state index contributed by atoms with van der Waals surface area (Å²) in [6, 6.07) is 9.15. The second-order valence-corrected chi connectivity index (χ2v) is 5.97. The summed E-state index contributed by atoms with van der Waals surface area (Å²) in [5, 5.41) is 11.2. The number of fused-ring (bicyclic) bond motifs is 1. The SMILES string of the molecule is CN1C(=O)C(O)c2ccc(Sc3ccc(Cl)cn3)cc21. The minimum Gasteiger partial charge on any atom is -0.378 e. The van der Waals surface area contributed by atoms with Gasteiger partial charge in [-0.2, -0.15) is 0 Å². The highest BCUT2D eigenvalue weighted by atomic mass is 35.5. The zero-order chi connectivity index (χ0) is 14.3. The minimum atomic E-state index is -1.05. The van der Waals surface area contributed by atoms with Gasteiger partial charge in [-0.3, -0.25) is 4.79 Å². The van der Waals surface area contributed by atoms with E-state index in [1.807, 2.05) is 18.2 Å². The van der Waals surface area contributed by atoms with Crippen molar-refractivity contribution in [1.29, 1.82) is 0 Å². The summed E-state index contributed by atoms with van der Waals surface area (Å²) >= 11 is 7.28. The van der Waals surface area contributed by atoms with Crippen LogP contribution < -0.4 is 4.90 Å². The molecule has 0 spiro atoms. The first-order valence-corrected chi connectivity index (χ1v) is 7.14. The van der Waals surface area contributed by atoms with Gasteiger partial charge in [0.15, 0.2) is 6.10 Å². The summed E-state index contributed by atoms with van der Waals surface area (Å²) < 4.78 is 0. The molecule has 2 heterocycles. The van der Waals surface area contributed by atoms with Gasteiger partial charge in [0.1, 0.15) is 5.03 Å². The topological polar surface area (TPSA) is 53.4 Å². The predicted octanol–water partition coefficient (Wildman–Crippen LogP) is 2.90. The van der Waals surface area contributed by atoms with Crippen LogP contribution in [-0.2, 0) is 4.79 Å². The van der Waals surface area contributed by atoms with Crippen LogP contribution in [0.1, 0.15) is 11.7 Å². The van der Waals surface area contributed by atoms with Gasteiger partial charge in [0.25, 0.3) is 5.91 Å². The molecule has 0 fully saturated rings. The van der Waals surface area contributed by atoms with E-state index in [-0.39, 0.29) is 5.91 Å². The zero-order valence-corrected chi connectivity index (χ0v) is 12.1. The fourth-order valence-electron chi connectivity index (χ4n) is 2.09. The molecule has 1 aliphatic rings. The van der Waals surface area contributed by atoms with Crippen molar-refractivity contribution in [3.8, 4) is 0 Å². The molecule has 3 rings (SSSR count). The molecule has 0 aliphatic carbocycles. The van der Waals surface area contributed by atoms with Gasteiger partial charge in [-0.15, -0.1) is 0 Å². The molecule has 1 amide bonds. The summed E-state index contributed by atoms with van der Waals surface area (Å²) in [6.07, 6.45) is 0.541. The summed E-state index contributed by atoms with van der Waals surface area (Å²) in [7, 11) is 1.66. The van der Waals surface area contributed by atoms with E-state index in [4.69, 9.17) is 11.6 Å². The number of aromatic nitrogens is 1. The maximum atomic E-state index is 11.7. The van der Waals surface area contributed by atoms with Crippen molar-refractivity contribution >= 4 is 35.0 Å². The van der Waals surface area contributed by atoms with Crippen LogP contribution in [0.25, 0.3) is 0 Å². The number of rotatable bonds is 2. The number of likely N-dealkylation sites (N-methyl/N-ethyl adjacent to an activating group) is 1. The summed E-state index contributed by atoms with van der Waals surface area (Å²) in [6.45, 7) is 0. The molecule has 1 unspecified atom stereocenters. The first-order chi connectivity index (χ1) is 9.56. The van der Waals surface area contributed by atoms with Crippen LogP contribution in [-0.4, -0.2) is 23.0 Å². The third-order valence-electron chi connectivity index (χ3n) is 3.15. The van der Waals surface area contributed by atoms with Crippen molar-refractivity contribution in [2.45, 2.75) is 16.0 Å². The van der Waals surface area contributed by atoms with Gasteiger partial charge in [0, 0.05) is 23.7 Å². The Morgan fingerprint density at radius 3 is 2.85 bits per heavy atom. The molecule has 1 aliphatic heterocycles. The van der Waals surface area contributed by atoms with E-state index in [2.05, 4.69) is 4.98 Å².